The summed E-state index contributed by atoms with van der Waals surface area (Å²) in [5, 5.41) is 11.9. The summed E-state index contributed by atoms with van der Waals surface area (Å²) in [6, 6.07) is 0. The smallest absolute Gasteiger partial charge is 0.280 e. The molecule has 0 amide bonds. The summed E-state index contributed by atoms with van der Waals surface area (Å²) in [5.74, 6) is 1.04. The summed E-state index contributed by atoms with van der Waals surface area (Å²) in [4.78, 5) is 4.34. The van der Waals surface area contributed by atoms with Crippen molar-refractivity contribution in [1.82, 2.24) is 25.1 Å². The molecule has 0 aromatic carbocycles. The van der Waals surface area contributed by atoms with Crippen LogP contribution in [0.25, 0.3) is 11.6 Å². The number of hydrogen-bond donors (Lipinski definition) is 1. The summed E-state index contributed by atoms with van der Waals surface area (Å²) in [6.45, 7) is 1.95. The molecule has 3 heterocycles. The minimum Gasteiger partial charge on any atom is -0.378 e. The van der Waals surface area contributed by atoms with Crippen LogP contribution in [0.3, 0.4) is 0 Å². The van der Waals surface area contributed by atoms with Crippen molar-refractivity contribution in [3.63, 3.8) is 0 Å². The lowest BCUT2D eigenvalue weighted by Crippen LogP contribution is -2.21. The molecule has 2 N–H and O–H groups in total. The minimum atomic E-state index is 0.196. The maximum Gasteiger partial charge on any atom is 0.280 e. The summed E-state index contributed by atoms with van der Waals surface area (Å²) in [5.41, 5.74) is 6.03. The Morgan fingerprint density at radius 2 is 2.35 bits per heavy atom. The van der Waals surface area contributed by atoms with Crippen molar-refractivity contribution < 1.29 is 9.26 Å². The number of nitrogens with two attached hydrogens (primary N) is 1. The highest BCUT2D eigenvalue weighted by Crippen LogP contribution is 2.18. The van der Waals surface area contributed by atoms with Crippen molar-refractivity contribution in [1.29, 1.82) is 0 Å². The van der Waals surface area contributed by atoms with E-state index in [0.717, 1.165) is 19.4 Å². The van der Waals surface area contributed by atoms with E-state index in [1.54, 1.807) is 10.9 Å². The van der Waals surface area contributed by atoms with E-state index in [0.29, 0.717) is 36.9 Å². The van der Waals surface area contributed by atoms with Crippen LogP contribution in [0.2, 0.25) is 0 Å². The molecule has 0 radical (unpaired) electrons. The van der Waals surface area contributed by atoms with Crippen LogP contribution < -0.4 is 5.73 Å². The molecule has 1 aliphatic rings. The highest BCUT2D eigenvalue weighted by Gasteiger charge is 2.19. The van der Waals surface area contributed by atoms with Gasteiger partial charge in [-0.05, 0) is 19.3 Å². The summed E-state index contributed by atoms with van der Waals surface area (Å²) >= 11 is 0. The number of ether oxygens (including phenoxy) is 1. The molecule has 2 aromatic heterocycles. The second-order valence-corrected chi connectivity index (χ2v) is 4.86. The van der Waals surface area contributed by atoms with Crippen molar-refractivity contribution in [3.05, 3.63) is 12.0 Å². The fourth-order valence-corrected chi connectivity index (χ4v) is 2.25. The van der Waals surface area contributed by atoms with Gasteiger partial charge in [-0.3, -0.25) is 4.68 Å². The van der Waals surface area contributed by atoms with Gasteiger partial charge in [0.05, 0.1) is 18.8 Å². The van der Waals surface area contributed by atoms with Crippen molar-refractivity contribution in [2.45, 2.75) is 38.3 Å². The SMILES string of the molecule is NCCn1cc(-c2nc(CC3CCCCO3)no2)nn1. The first-order chi connectivity index (χ1) is 9.85. The van der Waals surface area contributed by atoms with Crippen molar-refractivity contribution in [2.75, 3.05) is 13.2 Å². The normalized spacial score (nSPS) is 19.4. The third kappa shape index (κ3) is 3.02. The Morgan fingerprint density at radius 3 is 3.15 bits per heavy atom. The van der Waals surface area contributed by atoms with Gasteiger partial charge in [0.1, 0.15) is 0 Å². The summed E-state index contributed by atoms with van der Waals surface area (Å²) in [7, 11) is 0. The summed E-state index contributed by atoms with van der Waals surface area (Å²) in [6.07, 6.45) is 6.02. The predicted molar refractivity (Wildman–Crippen MR) is 69.7 cm³/mol. The Morgan fingerprint density at radius 1 is 1.40 bits per heavy atom. The third-order valence-electron chi connectivity index (χ3n) is 3.27. The Kier molecular flexibility index (Phi) is 4.03. The van der Waals surface area contributed by atoms with E-state index in [-0.39, 0.29) is 6.10 Å². The molecular formula is C12H18N6O2. The van der Waals surface area contributed by atoms with Crippen LogP contribution in [0.1, 0.15) is 25.1 Å². The standard InChI is InChI=1S/C12H18N6O2/c13-4-5-18-8-10(15-17-18)12-14-11(16-20-12)7-9-3-1-2-6-19-9/h8-9H,1-7,13H2. The molecule has 1 saturated heterocycles. The fourth-order valence-electron chi connectivity index (χ4n) is 2.25. The van der Waals surface area contributed by atoms with E-state index in [1.165, 1.54) is 6.42 Å². The van der Waals surface area contributed by atoms with E-state index in [9.17, 15) is 0 Å². The topological polar surface area (TPSA) is 105 Å². The first kappa shape index (κ1) is 13.2. The average molecular weight is 278 g/mol. The molecule has 20 heavy (non-hydrogen) atoms. The third-order valence-corrected chi connectivity index (χ3v) is 3.27. The Balaban J connectivity index is 1.65. The van der Waals surface area contributed by atoms with Crippen LogP contribution >= 0.6 is 0 Å². The molecule has 0 aliphatic carbocycles. The molecule has 1 fully saturated rings. The van der Waals surface area contributed by atoms with E-state index in [4.69, 9.17) is 15.0 Å². The zero-order valence-corrected chi connectivity index (χ0v) is 11.2. The zero-order chi connectivity index (χ0) is 13.8. The highest BCUT2D eigenvalue weighted by molar-refractivity contribution is 5.43. The molecule has 1 unspecified atom stereocenters. The molecule has 2 aromatic rings. The molecule has 0 spiro atoms. The summed E-state index contributed by atoms with van der Waals surface area (Å²) < 4.78 is 12.5. The monoisotopic (exact) mass is 278 g/mol. The maximum atomic E-state index is 5.67. The average Bonchev–Trinajstić information content (AvgIpc) is 3.10. The largest absolute Gasteiger partial charge is 0.378 e. The van der Waals surface area contributed by atoms with Crippen LogP contribution in [0, 0.1) is 0 Å². The molecule has 108 valence electrons. The van der Waals surface area contributed by atoms with Gasteiger partial charge < -0.3 is 15.0 Å². The van der Waals surface area contributed by atoms with Gasteiger partial charge in [0.15, 0.2) is 11.5 Å². The fraction of sp³-hybridized carbons (Fsp3) is 0.667. The van der Waals surface area contributed by atoms with Gasteiger partial charge in [0, 0.05) is 19.6 Å². The van der Waals surface area contributed by atoms with E-state index >= 15 is 0 Å². The number of nitrogens with zero attached hydrogens (tertiary/aromatic N) is 5. The van der Waals surface area contributed by atoms with Gasteiger partial charge in [-0.15, -0.1) is 5.10 Å². The second kappa shape index (κ2) is 6.10. The lowest BCUT2D eigenvalue weighted by Gasteiger charge is -2.20. The molecule has 0 bridgehead atoms. The van der Waals surface area contributed by atoms with Crippen LogP contribution in [0.5, 0.6) is 0 Å². The van der Waals surface area contributed by atoms with Crippen LogP contribution in [0.15, 0.2) is 10.7 Å². The molecule has 8 heteroatoms. The van der Waals surface area contributed by atoms with E-state index in [1.807, 2.05) is 0 Å². The predicted octanol–water partition coefficient (Wildman–Crippen LogP) is 0.398. The van der Waals surface area contributed by atoms with Crippen LogP contribution in [-0.4, -0.2) is 44.4 Å². The molecule has 3 rings (SSSR count). The van der Waals surface area contributed by atoms with Gasteiger partial charge in [0.2, 0.25) is 0 Å². The van der Waals surface area contributed by atoms with Gasteiger partial charge in [-0.25, -0.2) is 0 Å². The van der Waals surface area contributed by atoms with Gasteiger partial charge in [0.25, 0.3) is 5.89 Å². The zero-order valence-electron chi connectivity index (χ0n) is 11.2. The second-order valence-electron chi connectivity index (χ2n) is 4.86. The van der Waals surface area contributed by atoms with Crippen molar-refractivity contribution in [2.24, 2.45) is 5.73 Å². The first-order valence-corrected chi connectivity index (χ1v) is 6.90. The number of hydrogen-bond acceptors (Lipinski definition) is 7. The molecule has 0 saturated carbocycles. The Hall–Kier alpha value is -1.80. The number of rotatable bonds is 5. The Bertz CT molecular complexity index is 546. The maximum absolute atomic E-state index is 5.67. The minimum absolute atomic E-state index is 0.196. The molecule has 8 nitrogen and oxygen atoms in total. The molecular weight excluding hydrogens is 260 g/mol. The van der Waals surface area contributed by atoms with Gasteiger partial charge in [-0.2, -0.15) is 4.98 Å². The van der Waals surface area contributed by atoms with Crippen molar-refractivity contribution >= 4 is 0 Å². The lowest BCUT2D eigenvalue weighted by molar-refractivity contribution is 0.0153. The van der Waals surface area contributed by atoms with Crippen LogP contribution in [0.4, 0.5) is 0 Å². The van der Waals surface area contributed by atoms with E-state index in [2.05, 4.69) is 20.5 Å². The molecule has 1 aliphatic heterocycles. The quantitative estimate of drug-likeness (QED) is 0.843. The van der Waals surface area contributed by atoms with E-state index < -0.39 is 0 Å². The van der Waals surface area contributed by atoms with Crippen molar-refractivity contribution in [3.8, 4) is 11.6 Å². The Labute approximate surface area is 116 Å². The molecule has 1 atom stereocenters. The lowest BCUT2D eigenvalue weighted by atomic mass is 10.1. The van der Waals surface area contributed by atoms with Gasteiger partial charge >= 0.3 is 0 Å². The highest BCUT2D eigenvalue weighted by atomic mass is 16.5. The number of aromatic nitrogens is 5. The van der Waals surface area contributed by atoms with Crippen LogP contribution in [-0.2, 0) is 17.7 Å². The van der Waals surface area contributed by atoms with Gasteiger partial charge in [-0.1, -0.05) is 10.4 Å². The first-order valence-electron chi connectivity index (χ1n) is 6.90.